The number of ether oxygens (including phenoxy) is 1. The first-order valence-electron chi connectivity index (χ1n) is 6.27. The molecule has 1 N–H and O–H groups in total. The van der Waals surface area contributed by atoms with Gasteiger partial charge in [0.1, 0.15) is 0 Å². The third-order valence-electron chi connectivity index (χ3n) is 2.71. The van der Waals surface area contributed by atoms with Gasteiger partial charge in [-0.05, 0) is 29.8 Å². The van der Waals surface area contributed by atoms with Gasteiger partial charge in [0, 0.05) is 35.4 Å². The summed E-state index contributed by atoms with van der Waals surface area (Å²) in [6.07, 6.45) is 1.06. The van der Waals surface area contributed by atoms with Crippen LogP contribution in [0.1, 0.15) is 22.7 Å². The minimum atomic E-state index is 0.407. The summed E-state index contributed by atoms with van der Waals surface area (Å²) < 4.78 is 5.38. The topological polar surface area (TPSA) is 21.3 Å². The highest BCUT2D eigenvalue weighted by atomic mass is 32.1. The van der Waals surface area contributed by atoms with E-state index in [2.05, 4.69) is 40.3 Å². The first-order valence-corrected chi connectivity index (χ1v) is 8.03. The van der Waals surface area contributed by atoms with Crippen molar-refractivity contribution in [2.24, 2.45) is 0 Å². The molecule has 0 aliphatic heterocycles. The molecule has 4 heteroatoms. The quantitative estimate of drug-likeness (QED) is 0.745. The monoisotopic (exact) mass is 281 g/mol. The van der Waals surface area contributed by atoms with Crippen LogP contribution in [0.2, 0.25) is 0 Å². The van der Waals surface area contributed by atoms with Crippen LogP contribution in [0.5, 0.6) is 0 Å². The Bertz CT molecular complexity index is 411. The molecule has 2 aromatic rings. The third kappa shape index (κ3) is 4.21. The lowest BCUT2D eigenvalue weighted by atomic mass is 10.1. The minimum Gasteiger partial charge on any atom is -0.380 e. The van der Waals surface area contributed by atoms with Gasteiger partial charge in [-0.1, -0.05) is 12.1 Å². The number of hydrogen-bond acceptors (Lipinski definition) is 4. The predicted molar refractivity (Wildman–Crippen MR) is 79.6 cm³/mol. The van der Waals surface area contributed by atoms with Crippen LogP contribution in [0.4, 0.5) is 0 Å². The van der Waals surface area contributed by atoms with E-state index in [4.69, 9.17) is 4.74 Å². The molecule has 0 spiro atoms. The Kier molecular flexibility index (Phi) is 5.87. The van der Waals surface area contributed by atoms with Crippen LogP contribution in [0, 0.1) is 0 Å². The molecule has 2 rings (SSSR count). The van der Waals surface area contributed by atoms with Crippen LogP contribution in [0.3, 0.4) is 0 Å². The van der Waals surface area contributed by atoms with E-state index in [1.807, 2.05) is 29.6 Å². The van der Waals surface area contributed by atoms with Crippen molar-refractivity contribution in [3.8, 4) is 0 Å². The Labute approximate surface area is 117 Å². The summed E-state index contributed by atoms with van der Waals surface area (Å²) in [6, 6.07) is 9.05. The number of thiophene rings is 2. The second-order valence-electron chi connectivity index (χ2n) is 4.00. The summed E-state index contributed by atoms with van der Waals surface area (Å²) in [6.45, 7) is 4.50. The summed E-state index contributed by atoms with van der Waals surface area (Å²) in [4.78, 5) is 2.83. The molecule has 0 saturated carbocycles. The number of hydrogen-bond donors (Lipinski definition) is 1. The van der Waals surface area contributed by atoms with Crippen LogP contribution in [0.25, 0.3) is 0 Å². The molecule has 1 unspecified atom stereocenters. The molecule has 0 radical (unpaired) electrons. The van der Waals surface area contributed by atoms with Crippen LogP contribution < -0.4 is 5.32 Å². The van der Waals surface area contributed by atoms with Crippen molar-refractivity contribution in [2.45, 2.75) is 19.4 Å². The van der Waals surface area contributed by atoms with E-state index in [1.54, 1.807) is 0 Å². The molecule has 2 nitrogen and oxygen atoms in total. The lowest BCUT2D eigenvalue weighted by Gasteiger charge is -2.16. The molecule has 98 valence electrons. The second-order valence-corrected chi connectivity index (χ2v) is 6.01. The Morgan fingerprint density at radius 1 is 1.22 bits per heavy atom. The van der Waals surface area contributed by atoms with E-state index >= 15 is 0 Å². The molecule has 0 amide bonds. The molecule has 0 fully saturated rings. The zero-order chi connectivity index (χ0) is 12.6. The number of rotatable bonds is 8. The van der Waals surface area contributed by atoms with Gasteiger partial charge >= 0.3 is 0 Å². The second kappa shape index (κ2) is 7.69. The largest absolute Gasteiger partial charge is 0.380 e. The van der Waals surface area contributed by atoms with E-state index in [1.165, 1.54) is 9.75 Å². The zero-order valence-corrected chi connectivity index (χ0v) is 12.2. The van der Waals surface area contributed by atoms with Gasteiger partial charge in [-0.25, -0.2) is 0 Å². The van der Waals surface area contributed by atoms with Crippen molar-refractivity contribution in [3.05, 3.63) is 44.8 Å². The average molecular weight is 281 g/mol. The molecule has 0 aromatic carbocycles. The van der Waals surface area contributed by atoms with Crippen molar-refractivity contribution in [3.63, 3.8) is 0 Å². The Balaban J connectivity index is 1.91. The molecule has 0 aliphatic carbocycles. The first-order chi connectivity index (χ1) is 8.90. The maximum Gasteiger partial charge on any atom is 0.0590 e. The van der Waals surface area contributed by atoms with Crippen molar-refractivity contribution < 1.29 is 4.74 Å². The minimum absolute atomic E-state index is 0.407. The standard InChI is InChI=1S/C14H19NOS2/c1-2-16-8-7-15-13(14-6-4-10-18-14)11-12-5-3-9-17-12/h3-6,9-10,13,15H,2,7-8,11H2,1H3. The van der Waals surface area contributed by atoms with Gasteiger partial charge in [0.05, 0.1) is 6.61 Å². The fraction of sp³-hybridized carbons (Fsp3) is 0.429. The number of nitrogens with one attached hydrogen (secondary N) is 1. The fourth-order valence-corrected chi connectivity index (χ4v) is 3.40. The Hall–Kier alpha value is -0.680. The van der Waals surface area contributed by atoms with Crippen LogP contribution >= 0.6 is 22.7 Å². The van der Waals surface area contributed by atoms with E-state index in [-0.39, 0.29) is 0 Å². The lowest BCUT2D eigenvalue weighted by molar-refractivity contribution is 0.147. The molecule has 0 saturated heterocycles. The predicted octanol–water partition coefficient (Wildman–Crippen LogP) is 3.72. The lowest BCUT2D eigenvalue weighted by Crippen LogP contribution is -2.26. The summed E-state index contributed by atoms with van der Waals surface area (Å²) in [5.74, 6) is 0. The van der Waals surface area contributed by atoms with Gasteiger partial charge in [-0.3, -0.25) is 0 Å². The van der Waals surface area contributed by atoms with Gasteiger partial charge < -0.3 is 10.1 Å². The molecular weight excluding hydrogens is 262 g/mol. The average Bonchev–Trinajstić information content (AvgIpc) is 3.05. The van der Waals surface area contributed by atoms with E-state index in [0.717, 1.165) is 26.2 Å². The fourth-order valence-electron chi connectivity index (χ4n) is 1.84. The van der Waals surface area contributed by atoms with Gasteiger partial charge in [0.25, 0.3) is 0 Å². The van der Waals surface area contributed by atoms with E-state index < -0.39 is 0 Å². The summed E-state index contributed by atoms with van der Waals surface area (Å²) >= 11 is 3.64. The molecule has 0 bridgehead atoms. The molecule has 2 heterocycles. The van der Waals surface area contributed by atoms with Crippen LogP contribution in [-0.4, -0.2) is 19.8 Å². The van der Waals surface area contributed by atoms with Crippen molar-refractivity contribution in [1.29, 1.82) is 0 Å². The first kappa shape index (κ1) is 13.7. The Morgan fingerprint density at radius 2 is 2.06 bits per heavy atom. The molecular formula is C14H19NOS2. The highest BCUT2D eigenvalue weighted by Gasteiger charge is 2.13. The van der Waals surface area contributed by atoms with Crippen molar-refractivity contribution in [1.82, 2.24) is 5.32 Å². The van der Waals surface area contributed by atoms with E-state index in [9.17, 15) is 0 Å². The van der Waals surface area contributed by atoms with Gasteiger partial charge in [0.15, 0.2) is 0 Å². The molecule has 18 heavy (non-hydrogen) atoms. The Morgan fingerprint density at radius 3 is 2.72 bits per heavy atom. The van der Waals surface area contributed by atoms with Gasteiger partial charge in [-0.2, -0.15) is 0 Å². The van der Waals surface area contributed by atoms with Gasteiger partial charge in [0.2, 0.25) is 0 Å². The normalized spacial score (nSPS) is 12.7. The summed E-state index contributed by atoms with van der Waals surface area (Å²) in [5, 5.41) is 7.87. The molecule has 0 aliphatic rings. The van der Waals surface area contributed by atoms with Crippen LogP contribution in [-0.2, 0) is 11.2 Å². The highest BCUT2D eigenvalue weighted by molar-refractivity contribution is 7.10. The van der Waals surface area contributed by atoms with E-state index in [0.29, 0.717) is 6.04 Å². The zero-order valence-electron chi connectivity index (χ0n) is 10.6. The SMILES string of the molecule is CCOCCNC(Cc1cccs1)c1cccs1. The van der Waals surface area contributed by atoms with Crippen molar-refractivity contribution >= 4 is 22.7 Å². The summed E-state index contributed by atoms with van der Waals surface area (Å²) in [7, 11) is 0. The highest BCUT2D eigenvalue weighted by Crippen LogP contribution is 2.24. The summed E-state index contributed by atoms with van der Waals surface area (Å²) in [5.41, 5.74) is 0. The maximum absolute atomic E-state index is 5.38. The maximum atomic E-state index is 5.38. The third-order valence-corrected chi connectivity index (χ3v) is 4.60. The molecule has 2 aromatic heterocycles. The smallest absolute Gasteiger partial charge is 0.0590 e. The van der Waals surface area contributed by atoms with Crippen molar-refractivity contribution in [2.75, 3.05) is 19.8 Å². The van der Waals surface area contributed by atoms with Crippen LogP contribution in [0.15, 0.2) is 35.0 Å². The molecule has 1 atom stereocenters. The van der Waals surface area contributed by atoms with Gasteiger partial charge in [-0.15, -0.1) is 22.7 Å².